The van der Waals surface area contributed by atoms with E-state index in [2.05, 4.69) is 0 Å². The van der Waals surface area contributed by atoms with Gasteiger partial charge in [-0.25, -0.2) is 0 Å². The van der Waals surface area contributed by atoms with Crippen molar-refractivity contribution < 1.29 is 14.5 Å². The van der Waals surface area contributed by atoms with Gasteiger partial charge >= 0.3 is 0 Å². The Bertz CT molecular complexity index is 643. The standard InChI is InChI=1S/C14H10ClNO4/c15-12-7-6-11(16(18)19)8-14(12)20-9-13(17)10-4-2-1-3-5-10/h1-8H,9H2. The third kappa shape index (κ3) is 3.33. The Hall–Kier alpha value is -2.40. The van der Waals surface area contributed by atoms with Crippen molar-refractivity contribution in [2.24, 2.45) is 0 Å². The van der Waals surface area contributed by atoms with Crippen LogP contribution in [0.3, 0.4) is 0 Å². The van der Waals surface area contributed by atoms with Gasteiger partial charge in [0, 0.05) is 11.6 Å². The zero-order valence-electron chi connectivity index (χ0n) is 10.3. The van der Waals surface area contributed by atoms with E-state index in [4.69, 9.17) is 16.3 Å². The number of carbonyl (C=O) groups is 1. The van der Waals surface area contributed by atoms with E-state index in [1.165, 1.54) is 18.2 Å². The van der Waals surface area contributed by atoms with Crippen LogP contribution in [0, 0.1) is 10.1 Å². The summed E-state index contributed by atoms with van der Waals surface area (Å²) in [4.78, 5) is 22.0. The lowest BCUT2D eigenvalue weighted by molar-refractivity contribution is -0.384. The van der Waals surface area contributed by atoms with Crippen LogP contribution in [0.25, 0.3) is 0 Å². The molecular weight excluding hydrogens is 282 g/mol. The molecule has 0 saturated heterocycles. The number of ketones is 1. The van der Waals surface area contributed by atoms with Crippen LogP contribution in [0.4, 0.5) is 5.69 Å². The molecule has 6 heteroatoms. The predicted octanol–water partition coefficient (Wildman–Crippen LogP) is 3.51. The normalized spacial score (nSPS) is 10.1. The molecule has 20 heavy (non-hydrogen) atoms. The highest BCUT2D eigenvalue weighted by molar-refractivity contribution is 6.32. The Morgan fingerprint density at radius 1 is 1.20 bits per heavy atom. The Kier molecular flexibility index (Phi) is 4.32. The molecule has 102 valence electrons. The minimum atomic E-state index is -0.553. The van der Waals surface area contributed by atoms with Crippen molar-refractivity contribution in [3.05, 3.63) is 69.2 Å². The first-order chi connectivity index (χ1) is 9.58. The van der Waals surface area contributed by atoms with Crippen molar-refractivity contribution >= 4 is 23.1 Å². The second-order valence-corrected chi connectivity index (χ2v) is 4.36. The summed E-state index contributed by atoms with van der Waals surface area (Å²) in [6, 6.07) is 12.5. The van der Waals surface area contributed by atoms with Crippen LogP contribution in [-0.4, -0.2) is 17.3 Å². The van der Waals surface area contributed by atoms with E-state index in [0.717, 1.165) is 0 Å². The van der Waals surface area contributed by atoms with Gasteiger partial charge in [-0.1, -0.05) is 41.9 Å². The average Bonchev–Trinajstić information content (AvgIpc) is 2.46. The smallest absolute Gasteiger partial charge is 0.273 e. The number of nitro benzene ring substituents is 1. The van der Waals surface area contributed by atoms with E-state index < -0.39 is 4.92 Å². The fourth-order valence-electron chi connectivity index (χ4n) is 1.57. The van der Waals surface area contributed by atoms with Gasteiger partial charge in [0.1, 0.15) is 5.75 Å². The molecule has 2 aromatic rings. The Morgan fingerprint density at radius 3 is 2.55 bits per heavy atom. The van der Waals surface area contributed by atoms with Crippen LogP contribution < -0.4 is 4.74 Å². The molecule has 0 aromatic heterocycles. The van der Waals surface area contributed by atoms with E-state index in [0.29, 0.717) is 5.56 Å². The van der Waals surface area contributed by atoms with Crippen LogP contribution in [0.15, 0.2) is 48.5 Å². The third-order valence-electron chi connectivity index (χ3n) is 2.58. The van der Waals surface area contributed by atoms with Gasteiger partial charge < -0.3 is 4.74 Å². The summed E-state index contributed by atoms with van der Waals surface area (Å²) in [5.74, 6) is -0.113. The molecule has 0 heterocycles. The molecule has 0 N–H and O–H groups in total. The number of hydrogen-bond acceptors (Lipinski definition) is 4. The maximum absolute atomic E-state index is 11.8. The van der Waals surface area contributed by atoms with Crippen molar-refractivity contribution in [2.45, 2.75) is 0 Å². The first-order valence-electron chi connectivity index (χ1n) is 5.73. The zero-order chi connectivity index (χ0) is 14.5. The van der Waals surface area contributed by atoms with E-state index in [9.17, 15) is 14.9 Å². The summed E-state index contributed by atoms with van der Waals surface area (Å²) < 4.78 is 5.26. The highest BCUT2D eigenvalue weighted by Gasteiger charge is 2.12. The highest BCUT2D eigenvalue weighted by Crippen LogP contribution is 2.28. The van der Waals surface area contributed by atoms with Crippen molar-refractivity contribution in [1.29, 1.82) is 0 Å². The first kappa shape index (κ1) is 14.0. The van der Waals surface area contributed by atoms with Gasteiger partial charge in [0.2, 0.25) is 0 Å². The van der Waals surface area contributed by atoms with Crippen LogP contribution in [0.5, 0.6) is 5.75 Å². The van der Waals surface area contributed by atoms with Gasteiger partial charge in [-0.3, -0.25) is 14.9 Å². The number of rotatable bonds is 5. The van der Waals surface area contributed by atoms with E-state index >= 15 is 0 Å². The number of Topliss-reactive ketones (excluding diaryl/α,β-unsaturated/α-hetero) is 1. The van der Waals surface area contributed by atoms with E-state index in [1.54, 1.807) is 30.3 Å². The summed E-state index contributed by atoms with van der Waals surface area (Å²) in [5, 5.41) is 10.9. The molecule has 0 aliphatic carbocycles. The summed E-state index contributed by atoms with van der Waals surface area (Å²) >= 11 is 5.87. The minimum absolute atomic E-state index is 0.116. The van der Waals surface area contributed by atoms with Gasteiger partial charge in [0.25, 0.3) is 5.69 Å². The lowest BCUT2D eigenvalue weighted by Gasteiger charge is -2.07. The second-order valence-electron chi connectivity index (χ2n) is 3.95. The lowest BCUT2D eigenvalue weighted by Crippen LogP contribution is -2.11. The number of benzene rings is 2. The minimum Gasteiger partial charge on any atom is -0.484 e. The van der Waals surface area contributed by atoms with Crippen molar-refractivity contribution in [2.75, 3.05) is 6.61 Å². The molecule has 0 unspecified atom stereocenters. The molecule has 0 fully saturated rings. The number of halogens is 1. The molecule has 0 atom stereocenters. The molecule has 0 aliphatic heterocycles. The fraction of sp³-hybridized carbons (Fsp3) is 0.0714. The number of hydrogen-bond donors (Lipinski definition) is 0. The van der Waals surface area contributed by atoms with Gasteiger partial charge in [-0.2, -0.15) is 0 Å². The summed E-state index contributed by atoms with van der Waals surface area (Å²) in [6.07, 6.45) is 0. The van der Waals surface area contributed by atoms with Crippen molar-refractivity contribution in [3.63, 3.8) is 0 Å². The second kappa shape index (κ2) is 6.16. The quantitative estimate of drug-likeness (QED) is 0.480. The highest BCUT2D eigenvalue weighted by atomic mass is 35.5. The third-order valence-corrected chi connectivity index (χ3v) is 2.89. The predicted molar refractivity (Wildman–Crippen MR) is 74.4 cm³/mol. The summed E-state index contributed by atoms with van der Waals surface area (Å²) in [5.41, 5.74) is 0.366. The number of nitro groups is 1. The molecule has 2 rings (SSSR count). The Morgan fingerprint density at radius 2 is 1.90 bits per heavy atom. The molecule has 0 aliphatic rings. The van der Waals surface area contributed by atoms with Crippen LogP contribution in [0.2, 0.25) is 5.02 Å². The van der Waals surface area contributed by atoms with Crippen molar-refractivity contribution in [3.8, 4) is 5.75 Å². The molecular formula is C14H10ClNO4. The van der Waals surface area contributed by atoms with Gasteiger partial charge in [0.15, 0.2) is 12.4 Å². The van der Waals surface area contributed by atoms with E-state index in [1.807, 2.05) is 0 Å². The van der Waals surface area contributed by atoms with Gasteiger partial charge in [-0.05, 0) is 6.07 Å². The van der Waals surface area contributed by atoms with Gasteiger partial charge in [-0.15, -0.1) is 0 Å². The maximum Gasteiger partial charge on any atom is 0.273 e. The number of ether oxygens (including phenoxy) is 1. The van der Waals surface area contributed by atoms with Gasteiger partial charge in [0.05, 0.1) is 16.0 Å². The fourth-order valence-corrected chi connectivity index (χ4v) is 1.74. The monoisotopic (exact) mass is 291 g/mol. The molecule has 2 aromatic carbocycles. The molecule has 0 spiro atoms. The van der Waals surface area contributed by atoms with Crippen LogP contribution in [0.1, 0.15) is 10.4 Å². The number of non-ortho nitro benzene ring substituents is 1. The zero-order valence-corrected chi connectivity index (χ0v) is 11.0. The summed E-state index contributed by atoms with van der Waals surface area (Å²) in [6.45, 7) is -0.231. The molecule has 0 saturated carbocycles. The van der Waals surface area contributed by atoms with Crippen LogP contribution in [-0.2, 0) is 0 Å². The average molecular weight is 292 g/mol. The Labute approximate surface area is 119 Å². The SMILES string of the molecule is O=C(COc1cc([N+](=O)[O-])ccc1Cl)c1ccccc1. The van der Waals surface area contributed by atoms with Crippen molar-refractivity contribution in [1.82, 2.24) is 0 Å². The molecule has 0 bridgehead atoms. The molecule has 0 amide bonds. The van der Waals surface area contributed by atoms with Crippen LogP contribution >= 0.6 is 11.6 Å². The molecule has 0 radical (unpaired) electrons. The van der Waals surface area contributed by atoms with E-state index in [-0.39, 0.29) is 28.8 Å². The molecule has 5 nitrogen and oxygen atoms in total. The largest absolute Gasteiger partial charge is 0.484 e. The Balaban J connectivity index is 2.09. The number of nitrogens with zero attached hydrogens (tertiary/aromatic N) is 1. The number of carbonyl (C=O) groups excluding carboxylic acids is 1. The summed E-state index contributed by atoms with van der Waals surface area (Å²) in [7, 11) is 0. The first-order valence-corrected chi connectivity index (χ1v) is 6.10. The topological polar surface area (TPSA) is 69.4 Å². The lowest BCUT2D eigenvalue weighted by atomic mass is 10.1. The maximum atomic E-state index is 11.8.